The predicted octanol–water partition coefficient (Wildman–Crippen LogP) is 2.49. The number of likely N-dealkylation sites (N-methyl/N-ethyl adjacent to an activating group) is 1. The van der Waals surface area contributed by atoms with Crippen LogP contribution in [0.3, 0.4) is 0 Å². The molecule has 178 valence electrons. The number of carbonyl (C=O) groups is 2. The summed E-state index contributed by atoms with van der Waals surface area (Å²) >= 11 is 0. The lowest BCUT2D eigenvalue weighted by Crippen LogP contribution is -2.47. The van der Waals surface area contributed by atoms with Crippen LogP contribution in [0.2, 0.25) is 0 Å². The van der Waals surface area contributed by atoms with E-state index in [0.717, 1.165) is 19.0 Å². The molecule has 1 fully saturated rings. The van der Waals surface area contributed by atoms with Crippen molar-refractivity contribution in [3.8, 4) is 5.75 Å². The van der Waals surface area contributed by atoms with Gasteiger partial charge in [-0.3, -0.25) is 14.5 Å². The maximum atomic E-state index is 13.2. The molecule has 3 atom stereocenters. The highest BCUT2D eigenvalue weighted by Gasteiger charge is 2.31. The topological polar surface area (TPSA) is 80.3 Å². The van der Waals surface area contributed by atoms with Crippen molar-refractivity contribution in [3.05, 3.63) is 23.8 Å². The van der Waals surface area contributed by atoms with Gasteiger partial charge >= 0.3 is 0 Å². The van der Waals surface area contributed by atoms with Crippen molar-refractivity contribution in [1.82, 2.24) is 9.80 Å². The third-order valence-corrected chi connectivity index (χ3v) is 6.32. The summed E-state index contributed by atoms with van der Waals surface area (Å²) in [6.45, 7) is 7.21. The average Bonchev–Trinajstić information content (AvgIpc) is 3.58. The lowest BCUT2D eigenvalue weighted by atomic mass is 10.0. The van der Waals surface area contributed by atoms with Crippen molar-refractivity contribution in [2.24, 2.45) is 11.8 Å². The number of nitrogens with one attached hydrogen (secondary N) is 1. The lowest BCUT2D eigenvalue weighted by Gasteiger charge is -2.36. The van der Waals surface area contributed by atoms with E-state index >= 15 is 0 Å². The van der Waals surface area contributed by atoms with Gasteiger partial charge in [-0.05, 0) is 43.7 Å². The van der Waals surface area contributed by atoms with Crippen LogP contribution in [0, 0.1) is 11.8 Å². The van der Waals surface area contributed by atoms with E-state index < -0.39 is 0 Å². The molecular formula is C24H37N3O5. The van der Waals surface area contributed by atoms with Gasteiger partial charge < -0.3 is 24.4 Å². The van der Waals surface area contributed by atoms with Crippen molar-refractivity contribution in [2.45, 2.75) is 38.8 Å². The normalized spacial score (nSPS) is 25.3. The molecule has 2 amide bonds. The molecule has 0 aromatic heterocycles. The third kappa shape index (κ3) is 6.43. The molecule has 1 N–H and O–H groups in total. The highest BCUT2D eigenvalue weighted by Crippen LogP contribution is 2.32. The second-order valence-electron chi connectivity index (χ2n) is 9.19. The highest BCUT2D eigenvalue weighted by atomic mass is 16.5. The molecule has 3 rings (SSSR count). The van der Waals surface area contributed by atoms with E-state index in [1.165, 1.54) is 20.0 Å². The molecule has 0 spiro atoms. The molecule has 0 radical (unpaired) electrons. The Balaban J connectivity index is 1.89. The molecular weight excluding hydrogens is 410 g/mol. The van der Waals surface area contributed by atoms with Crippen LogP contribution in [0.4, 0.5) is 5.69 Å². The molecule has 1 heterocycles. The minimum atomic E-state index is -0.259. The Kier molecular flexibility index (Phi) is 8.51. The summed E-state index contributed by atoms with van der Waals surface area (Å²) in [7, 11) is 4.97. The fraction of sp³-hybridized carbons (Fsp3) is 0.667. The van der Waals surface area contributed by atoms with Crippen LogP contribution < -0.4 is 10.1 Å². The zero-order valence-corrected chi connectivity index (χ0v) is 19.9. The predicted molar refractivity (Wildman–Crippen MR) is 123 cm³/mol. The fourth-order valence-corrected chi connectivity index (χ4v) is 4.14. The van der Waals surface area contributed by atoms with Crippen molar-refractivity contribution in [3.63, 3.8) is 0 Å². The number of methoxy groups -OCH3 is 2. The number of hydrogen-bond donors (Lipinski definition) is 1. The molecule has 2 aliphatic rings. The van der Waals surface area contributed by atoms with Crippen molar-refractivity contribution in [2.75, 3.05) is 59.4 Å². The first-order valence-corrected chi connectivity index (χ1v) is 11.4. The van der Waals surface area contributed by atoms with Crippen LogP contribution >= 0.6 is 0 Å². The summed E-state index contributed by atoms with van der Waals surface area (Å²) in [5, 5.41) is 2.78. The SMILES string of the molecule is COCC(=O)Nc1ccc2c(c1)OC[C@@H](C)N(CC1CC1)C[C@H](C)[C@H](OC)CN(C)C2=O. The number of hydrogen-bond acceptors (Lipinski definition) is 6. The van der Waals surface area contributed by atoms with Gasteiger partial charge in [-0.2, -0.15) is 0 Å². The third-order valence-electron chi connectivity index (χ3n) is 6.32. The Labute approximate surface area is 191 Å². The van der Waals surface area contributed by atoms with Crippen LogP contribution in [-0.2, 0) is 14.3 Å². The maximum absolute atomic E-state index is 13.2. The van der Waals surface area contributed by atoms with Crippen molar-refractivity contribution >= 4 is 17.5 Å². The summed E-state index contributed by atoms with van der Waals surface area (Å²) in [5.74, 6) is 1.11. The molecule has 0 unspecified atom stereocenters. The Morgan fingerprint density at radius 3 is 2.62 bits per heavy atom. The molecule has 32 heavy (non-hydrogen) atoms. The summed E-state index contributed by atoms with van der Waals surface area (Å²) in [5.41, 5.74) is 1.04. The largest absolute Gasteiger partial charge is 0.491 e. The first-order chi connectivity index (χ1) is 15.3. The van der Waals surface area contributed by atoms with Crippen LogP contribution in [-0.4, -0.2) is 87.9 Å². The molecule has 0 bridgehead atoms. The molecule has 1 saturated carbocycles. The van der Waals surface area contributed by atoms with Gasteiger partial charge in [0.25, 0.3) is 5.91 Å². The Morgan fingerprint density at radius 1 is 1.22 bits per heavy atom. The number of amides is 2. The minimum absolute atomic E-state index is 0.0383. The Hall–Kier alpha value is -2.16. The van der Waals surface area contributed by atoms with Crippen LogP contribution in [0.5, 0.6) is 5.75 Å². The standard InChI is InChI=1S/C24H37N3O5/c1-16-11-27(12-18-6-7-18)17(2)14-32-21-10-19(25-23(28)15-30-4)8-9-20(21)24(29)26(3)13-22(16)31-5/h8-10,16-18,22H,6-7,11-15H2,1-5H3,(H,25,28)/t16-,17+,22+/m0/s1. The smallest absolute Gasteiger partial charge is 0.257 e. The highest BCUT2D eigenvalue weighted by molar-refractivity contribution is 5.98. The summed E-state index contributed by atoms with van der Waals surface area (Å²) in [4.78, 5) is 29.3. The molecule has 1 aliphatic carbocycles. The molecule has 1 aromatic rings. The van der Waals surface area contributed by atoms with Crippen molar-refractivity contribution < 1.29 is 23.8 Å². The van der Waals surface area contributed by atoms with E-state index in [-0.39, 0.29) is 36.5 Å². The number of rotatable bonds is 6. The number of benzene rings is 1. The molecule has 0 saturated heterocycles. The van der Waals surface area contributed by atoms with Crippen LogP contribution in [0.1, 0.15) is 37.0 Å². The number of fused-ring (bicyclic) bond motifs is 1. The first kappa shape index (κ1) is 24.5. The molecule has 8 nitrogen and oxygen atoms in total. The van der Waals surface area contributed by atoms with E-state index in [9.17, 15) is 9.59 Å². The van der Waals surface area contributed by atoms with E-state index in [0.29, 0.717) is 30.2 Å². The molecule has 1 aromatic carbocycles. The van der Waals surface area contributed by atoms with Crippen LogP contribution in [0.25, 0.3) is 0 Å². The number of anilines is 1. The van der Waals surface area contributed by atoms with Gasteiger partial charge in [0, 0.05) is 58.7 Å². The number of carbonyl (C=O) groups excluding carboxylic acids is 2. The number of ether oxygens (including phenoxy) is 3. The Bertz CT molecular complexity index is 798. The quantitative estimate of drug-likeness (QED) is 0.722. The van der Waals surface area contributed by atoms with Gasteiger partial charge in [-0.1, -0.05) is 6.92 Å². The summed E-state index contributed by atoms with van der Waals surface area (Å²) < 4.78 is 16.9. The van der Waals surface area contributed by atoms with Gasteiger partial charge in [0.15, 0.2) is 0 Å². The average molecular weight is 448 g/mol. The fourth-order valence-electron chi connectivity index (χ4n) is 4.14. The van der Waals surface area contributed by atoms with Crippen LogP contribution in [0.15, 0.2) is 18.2 Å². The maximum Gasteiger partial charge on any atom is 0.257 e. The molecule has 1 aliphatic heterocycles. The van der Waals surface area contributed by atoms with E-state index in [4.69, 9.17) is 14.2 Å². The lowest BCUT2D eigenvalue weighted by molar-refractivity contribution is -0.119. The first-order valence-electron chi connectivity index (χ1n) is 11.4. The van der Waals surface area contributed by atoms with Gasteiger partial charge in [0.1, 0.15) is 19.0 Å². The summed E-state index contributed by atoms with van der Waals surface area (Å²) in [6.07, 6.45) is 2.52. The van der Waals surface area contributed by atoms with E-state index in [1.807, 2.05) is 0 Å². The van der Waals surface area contributed by atoms with E-state index in [2.05, 4.69) is 24.1 Å². The van der Waals surface area contributed by atoms with Gasteiger partial charge in [0.05, 0.1) is 11.7 Å². The van der Waals surface area contributed by atoms with Crippen molar-refractivity contribution in [1.29, 1.82) is 0 Å². The zero-order valence-electron chi connectivity index (χ0n) is 19.9. The van der Waals surface area contributed by atoms with E-state index in [1.54, 1.807) is 37.3 Å². The Morgan fingerprint density at radius 2 is 1.97 bits per heavy atom. The monoisotopic (exact) mass is 447 g/mol. The number of nitrogens with zero attached hydrogens (tertiary/aromatic N) is 2. The zero-order chi connectivity index (χ0) is 23.3. The van der Waals surface area contributed by atoms with Gasteiger partial charge in [-0.25, -0.2) is 0 Å². The summed E-state index contributed by atoms with van der Waals surface area (Å²) in [6, 6.07) is 5.32. The molecule has 8 heteroatoms. The second-order valence-corrected chi connectivity index (χ2v) is 9.19. The van der Waals surface area contributed by atoms with Gasteiger partial charge in [0.2, 0.25) is 5.91 Å². The van der Waals surface area contributed by atoms with Gasteiger partial charge in [-0.15, -0.1) is 0 Å². The minimum Gasteiger partial charge on any atom is -0.491 e. The second kappa shape index (κ2) is 11.1.